The maximum Gasteiger partial charge on any atom is 0.0110 e. The Morgan fingerprint density at radius 3 is 2.63 bits per heavy atom. The van der Waals surface area contributed by atoms with Crippen LogP contribution in [-0.2, 0) is 0 Å². The fourth-order valence-corrected chi connectivity index (χ4v) is 3.53. The van der Waals surface area contributed by atoms with E-state index in [-0.39, 0.29) is 0 Å². The second-order valence-electron chi connectivity index (χ2n) is 6.59. The molecule has 2 fully saturated rings. The van der Waals surface area contributed by atoms with E-state index in [0.717, 1.165) is 12.0 Å². The zero-order valence-corrected chi connectivity index (χ0v) is 13.0. The van der Waals surface area contributed by atoms with E-state index in [2.05, 4.69) is 29.1 Å². The van der Waals surface area contributed by atoms with E-state index in [1.807, 2.05) is 0 Å². The Hall–Kier alpha value is -0.120. The average Bonchev–Trinajstić information content (AvgIpc) is 2.46. The summed E-state index contributed by atoms with van der Waals surface area (Å²) in [6, 6.07) is 0.811. The van der Waals surface area contributed by atoms with Crippen LogP contribution in [0.4, 0.5) is 0 Å². The van der Waals surface area contributed by atoms with E-state index in [0.29, 0.717) is 0 Å². The molecule has 3 heteroatoms. The summed E-state index contributed by atoms with van der Waals surface area (Å²) in [6.45, 7) is 9.86. The van der Waals surface area contributed by atoms with E-state index < -0.39 is 0 Å². The molecule has 1 aliphatic carbocycles. The van der Waals surface area contributed by atoms with Crippen LogP contribution in [0.25, 0.3) is 0 Å². The Labute approximate surface area is 119 Å². The molecule has 1 heterocycles. The molecule has 112 valence electrons. The molecule has 2 atom stereocenters. The summed E-state index contributed by atoms with van der Waals surface area (Å²) in [6.07, 6.45) is 8.43. The lowest BCUT2D eigenvalue weighted by molar-refractivity contribution is 0.152. The first kappa shape index (κ1) is 15.3. The van der Waals surface area contributed by atoms with E-state index >= 15 is 0 Å². The normalized spacial score (nSPS) is 30.6. The van der Waals surface area contributed by atoms with Gasteiger partial charge in [-0.05, 0) is 45.3 Å². The van der Waals surface area contributed by atoms with E-state index in [9.17, 15) is 0 Å². The lowest BCUT2D eigenvalue weighted by atomic mass is 9.84. The predicted molar refractivity (Wildman–Crippen MR) is 82.6 cm³/mol. The van der Waals surface area contributed by atoms with Crippen molar-refractivity contribution in [1.82, 2.24) is 15.1 Å². The van der Waals surface area contributed by atoms with Gasteiger partial charge in [-0.2, -0.15) is 0 Å². The van der Waals surface area contributed by atoms with Gasteiger partial charge in [0.25, 0.3) is 0 Å². The highest BCUT2D eigenvalue weighted by Crippen LogP contribution is 2.26. The average molecular weight is 267 g/mol. The minimum atomic E-state index is 0.811. The van der Waals surface area contributed by atoms with Crippen molar-refractivity contribution in [3.05, 3.63) is 0 Å². The van der Waals surface area contributed by atoms with Crippen molar-refractivity contribution in [3.63, 3.8) is 0 Å². The molecule has 0 aromatic rings. The summed E-state index contributed by atoms with van der Waals surface area (Å²) in [5.74, 6) is 0.990. The standard InChI is InChI=1S/C16H33N3/c1-3-15-6-4-7-16(14-15)17-8-5-9-19-12-10-18(2)11-13-19/h15-17H,3-14H2,1-2H3. The first-order valence-electron chi connectivity index (χ1n) is 8.42. The maximum absolute atomic E-state index is 3.80. The second-order valence-corrected chi connectivity index (χ2v) is 6.59. The molecule has 1 saturated heterocycles. The van der Waals surface area contributed by atoms with Gasteiger partial charge in [-0.25, -0.2) is 0 Å². The highest BCUT2D eigenvalue weighted by Gasteiger charge is 2.20. The third-order valence-corrected chi connectivity index (χ3v) is 5.04. The minimum absolute atomic E-state index is 0.811. The largest absolute Gasteiger partial charge is 0.314 e. The molecule has 0 bridgehead atoms. The Kier molecular flexibility index (Phi) is 6.62. The SMILES string of the molecule is CCC1CCCC(NCCCN2CCN(C)CC2)C1. The van der Waals surface area contributed by atoms with Crippen LogP contribution in [-0.4, -0.2) is 62.2 Å². The zero-order valence-electron chi connectivity index (χ0n) is 13.0. The zero-order chi connectivity index (χ0) is 13.5. The van der Waals surface area contributed by atoms with Crippen molar-refractivity contribution < 1.29 is 0 Å². The summed E-state index contributed by atoms with van der Waals surface area (Å²) in [4.78, 5) is 5.05. The minimum Gasteiger partial charge on any atom is -0.314 e. The number of likely N-dealkylation sites (N-methyl/N-ethyl adjacent to an activating group) is 1. The van der Waals surface area contributed by atoms with Crippen LogP contribution >= 0.6 is 0 Å². The van der Waals surface area contributed by atoms with Crippen LogP contribution < -0.4 is 5.32 Å². The molecular weight excluding hydrogens is 234 g/mol. The molecule has 3 nitrogen and oxygen atoms in total. The van der Waals surface area contributed by atoms with Gasteiger partial charge >= 0.3 is 0 Å². The Morgan fingerprint density at radius 1 is 1.11 bits per heavy atom. The smallest absolute Gasteiger partial charge is 0.0110 e. The topological polar surface area (TPSA) is 18.5 Å². The number of rotatable bonds is 6. The van der Waals surface area contributed by atoms with Crippen LogP contribution in [0.1, 0.15) is 45.4 Å². The van der Waals surface area contributed by atoms with Gasteiger partial charge in [0.1, 0.15) is 0 Å². The van der Waals surface area contributed by atoms with E-state index in [4.69, 9.17) is 0 Å². The molecule has 0 aromatic heterocycles. The summed E-state index contributed by atoms with van der Waals surface area (Å²) in [5, 5.41) is 3.80. The Balaban J connectivity index is 1.52. The van der Waals surface area contributed by atoms with Gasteiger partial charge in [-0.15, -0.1) is 0 Å². The lowest BCUT2D eigenvalue weighted by Crippen LogP contribution is -2.45. The molecular formula is C16H33N3. The number of hydrogen-bond acceptors (Lipinski definition) is 3. The molecule has 1 N–H and O–H groups in total. The summed E-state index contributed by atoms with van der Waals surface area (Å²) >= 11 is 0. The molecule has 1 saturated carbocycles. The third-order valence-electron chi connectivity index (χ3n) is 5.04. The molecule has 1 aliphatic heterocycles. The highest BCUT2D eigenvalue weighted by atomic mass is 15.2. The van der Waals surface area contributed by atoms with Crippen molar-refractivity contribution in [2.75, 3.05) is 46.3 Å². The van der Waals surface area contributed by atoms with Crippen molar-refractivity contribution in [3.8, 4) is 0 Å². The van der Waals surface area contributed by atoms with Crippen molar-refractivity contribution in [2.45, 2.75) is 51.5 Å². The van der Waals surface area contributed by atoms with Gasteiger partial charge in [-0.3, -0.25) is 0 Å². The molecule has 2 aliphatic rings. The van der Waals surface area contributed by atoms with Crippen molar-refractivity contribution in [1.29, 1.82) is 0 Å². The maximum atomic E-state index is 3.80. The van der Waals surface area contributed by atoms with Crippen LogP contribution in [0.5, 0.6) is 0 Å². The van der Waals surface area contributed by atoms with Crippen LogP contribution in [0, 0.1) is 5.92 Å². The summed E-state index contributed by atoms with van der Waals surface area (Å²) in [7, 11) is 2.23. The molecule has 2 unspecified atom stereocenters. The summed E-state index contributed by atoms with van der Waals surface area (Å²) < 4.78 is 0. The fraction of sp³-hybridized carbons (Fsp3) is 1.00. The number of piperazine rings is 1. The molecule has 0 spiro atoms. The lowest BCUT2D eigenvalue weighted by Gasteiger charge is -2.33. The quantitative estimate of drug-likeness (QED) is 0.744. The van der Waals surface area contributed by atoms with Crippen molar-refractivity contribution >= 4 is 0 Å². The van der Waals surface area contributed by atoms with Crippen LogP contribution in [0.2, 0.25) is 0 Å². The van der Waals surface area contributed by atoms with Gasteiger partial charge in [0.2, 0.25) is 0 Å². The van der Waals surface area contributed by atoms with Gasteiger partial charge in [0.05, 0.1) is 0 Å². The molecule has 0 aromatic carbocycles. The van der Waals surface area contributed by atoms with E-state index in [1.165, 1.54) is 77.8 Å². The number of nitrogens with one attached hydrogen (secondary N) is 1. The van der Waals surface area contributed by atoms with Gasteiger partial charge in [0, 0.05) is 32.2 Å². The van der Waals surface area contributed by atoms with Crippen LogP contribution in [0.15, 0.2) is 0 Å². The van der Waals surface area contributed by atoms with Crippen LogP contribution in [0.3, 0.4) is 0 Å². The van der Waals surface area contributed by atoms with Gasteiger partial charge < -0.3 is 15.1 Å². The third kappa shape index (κ3) is 5.41. The molecule has 2 rings (SSSR count). The first-order chi connectivity index (χ1) is 9.28. The Morgan fingerprint density at radius 2 is 1.89 bits per heavy atom. The fourth-order valence-electron chi connectivity index (χ4n) is 3.53. The number of nitrogens with zero attached hydrogens (tertiary/aromatic N) is 2. The van der Waals surface area contributed by atoms with Gasteiger partial charge in [0.15, 0.2) is 0 Å². The predicted octanol–water partition coefficient (Wildman–Crippen LogP) is 2.18. The number of hydrogen-bond donors (Lipinski definition) is 1. The van der Waals surface area contributed by atoms with Crippen molar-refractivity contribution in [2.24, 2.45) is 5.92 Å². The second kappa shape index (κ2) is 8.23. The highest BCUT2D eigenvalue weighted by molar-refractivity contribution is 4.77. The monoisotopic (exact) mass is 267 g/mol. The first-order valence-corrected chi connectivity index (χ1v) is 8.42. The van der Waals surface area contributed by atoms with Gasteiger partial charge in [-0.1, -0.05) is 26.2 Å². The summed E-state index contributed by atoms with van der Waals surface area (Å²) in [5.41, 5.74) is 0. The molecule has 0 amide bonds. The Bertz CT molecular complexity index is 236. The molecule has 19 heavy (non-hydrogen) atoms. The molecule has 0 radical (unpaired) electrons. The van der Waals surface area contributed by atoms with E-state index in [1.54, 1.807) is 0 Å².